The first-order chi connectivity index (χ1) is 26.5. The number of hydrogen-bond donors (Lipinski definition) is 1. The van der Waals surface area contributed by atoms with E-state index in [0.717, 1.165) is 81.8 Å². The van der Waals surface area contributed by atoms with Crippen molar-refractivity contribution in [3.05, 3.63) is 59.2 Å². The Bertz CT molecular complexity index is 1240. The van der Waals surface area contributed by atoms with Crippen LogP contribution in [-0.2, 0) is 48.4 Å². The van der Waals surface area contributed by atoms with Gasteiger partial charge in [0.05, 0.1) is 26.2 Å². The Morgan fingerprint density at radius 1 is 0.593 bits per heavy atom. The van der Waals surface area contributed by atoms with Crippen LogP contribution in [0.15, 0.2) is 42.5 Å². The van der Waals surface area contributed by atoms with Gasteiger partial charge in [0, 0.05) is 38.5 Å². The zero-order valence-corrected chi connectivity index (χ0v) is 34.1. The third-order valence-corrected chi connectivity index (χ3v) is 8.63. The van der Waals surface area contributed by atoms with E-state index in [4.69, 9.17) is 18.9 Å². The fourth-order valence-corrected chi connectivity index (χ4v) is 5.47. The quantitative estimate of drug-likeness (QED) is 0.0258. The summed E-state index contributed by atoms with van der Waals surface area (Å²) in [6.45, 7) is 7.37. The van der Waals surface area contributed by atoms with Gasteiger partial charge in [-0.3, -0.25) is 9.59 Å². The van der Waals surface area contributed by atoms with Gasteiger partial charge in [0.1, 0.15) is 13.2 Å². The number of aliphatic hydroxyl groups excluding tert-OH is 1. The molecule has 0 aliphatic carbocycles. The van der Waals surface area contributed by atoms with Gasteiger partial charge < -0.3 is 24.1 Å². The molecule has 7 heteroatoms. The van der Waals surface area contributed by atoms with E-state index >= 15 is 0 Å². The molecule has 0 bridgehead atoms. The first-order valence-electron chi connectivity index (χ1n) is 21.0. The minimum atomic E-state index is -0.545. The Balaban J connectivity index is 2.41. The summed E-state index contributed by atoms with van der Waals surface area (Å²) in [6, 6.07) is 5.44. The lowest BCUT2D eigenvalue weighted by molar-refractivity contribution is -0.158. The number of aliphatic hydroxyl groups is 1. The highest BCUT2D eigenvalue weighted by molar-refractivity contribution is 5.69. The van der Waals surface area contributed by atoms with Gasteiger partial charge in [-0.25, -0.2) is 0 Å². The average Bonchev–Trinajstić information content (AvgIpc) is 3.18. The summed E-state index contributed by atoms with van der Waals surface area (Å²) in [6.07, 6.45) is 29.3. The summed E-state index contributed by atoms with van der Waals surface area (Å²) in [4.78, 5) is 25.1. The van der Waals surface area contributed by atoms with Crippen molar-refractivity contribution < 1.29 is 33.6 Å². The van der Waals surface area contributed by atoms with Gasteiger partial charge in [-0.15, -0.1) is 23.7 Å². The molecule has 0 saturated heterocycles. The molecular weight excluding hydrogens is 677 g/mol. The molecule has 1 aromatic rings. The van der Waals surface area contributed by atoms with E-state index in [2.05, 4.69) is 68.8 Å². The molecule has 0 amide bonds. The molecule has 0 radical (unpaired) electrons. The molecule has 0 unspecified atom stereocenters. The van der Waals surface area contributed by atoms with Crippen LogP contribution in [0.2, 0.25) is 0 Å². The molecular formula is C47H72O7. The Morgan fingerprint density at radius 3 is 1.63 bits per heavy atom. The molecule has 0 heterocycles. The highest BCUT2D eigenvalue weighted by Crippen LogP contribution is 2.16. The first kappa shape index (κ1) is 48.7. The molecule has 0 atom stereocenters. The Kier molecular flexibility index (Phi) is 33.0. The molecule has 0 saturated carbocycles. The minimum Gasteiger partial charge on any atom is -0.461 e. The largest absolute Gasteiger partial charge is 0.461 e. The number of unbranched alkanes of at least 4 members (excludes halogenated alkanes) is 12. The van der Waals surface area contributed by atoms with Crippen LogP contribution in [-0.4, -0.2) is 36.5 Å². The maximum Gasteiger partial charge on any atom is 0.306 e. The molecule has 0 aliphatic heterocycles. The van der Waals surface area contributed by atoms with Crippen LogP contribution in [0, 0.1) is 23.7 Å². The van der Waals surface area contributed by atoms with Gasteiger partial charge in [-0.2, -0.15) is 0 Å². The maximum absolute atomic E-state index is 12.7. The summed E-state index contributed by atoms with van der Waals surface area (Å²) in [5.41, 5.74) is 2.14. The van der Waals surface area contributed by atoms with Crippen LogP contribution >= 0.6 is 0 Å². The van der Waals surface area contributed by atoms with Crippen molar-refractivity contribution in [2.45, 2.75) is 188 Å². The van der Waals surface area contributed by atoms with Crippen LogP contribution in [0.4, 0.5) is 0 Å². The normalized spacial score (nSPS) is 11.1. The molecule has 0 aliphatic rings. The maximum atomic E-state index is 12.7. The van der Waals surface area contributed by atoms with E-state index in [1.54, 1.807) is 12.1 Å². The summed E-state index contributed by atoms with van der Waals surface area (Å²) >= 11 is 0. The van der Waals surface area contributed by atoms with Gasteiger partial charge in [0.2, 0.25) is 0 Å². The van der Waals surface area contributed by atoms with Crippen LogP contribution < -0.4 is 0 Å². The van der Waals surface area contributed by atoms with Crippen LogP contribution in [0.5, 0.6) is 0 Å². The number of ether oxygens (including phenoxy) is 4. The lowest BCUT2D eigenvalue weighted by Gasteiger charge is -2.17. The van der Waals surface area contributed by atoms with Crippen molar-refractivity contribution in [3.63, 3.8) is 0 Å². The Hall–Kier alpha value is -3.36. The number of rotatable bonds is 32. The van der Waals surface area contributed by atoms with Gasteiger partial charge in [0.15, 0.2) is 6.29 Å². The summed E-state index contributed by atoms with van der Waals surface area (Å²) in [5, 5.41) is 9.81. The van der Waals surface area contributed by atoms with Gasteiger partial charge in [-0.05, 0) is 74.1 Å². The number of benzene rings is 1. The highest BCUT2D eigenvalue weighted by atomic mass is 16.7. The first-order valence-corrected chi connectivity index (χ1v) is 21.0. The second-order valence-electron chi connectivity index (χ2n) is 13.7. The zero-order chi connectivity index (χ0) is 39.2. The summed E-state index contributed by atoms with van der Waals surface area (Å²) in [7, 11) is 0. The predicted molar refractivity (Wildman–Crippen MR) is 220 cm³/mol. The fraction of sp³-hybridized carbons (Fsp3) is 0.660. The molecule has 0 spiro atoms. The third kappa shape index (κ3) is 30.0. The molecule has 1 aromatic carbocycles. The minimum absolute atomic E-state index is 0.0483. The smallest absolute Gasteiger partial charge is 0.306 e. The van der Waals surface area contributed by atoms with E-state index in [1.807, 2.05) is 6.07 Å². The van der Waals surface area contributed by atoms with Crippen LogP contribution in [0.3, 0.4) is 0 Å². The highest BCUT2D eigenvalue weighted by Gasteiger charge is 2.14. The predicted octanol–water partition coefficient (Wildman–Crippen LogP) is 11.4. The van der Waals surface area contributed by atoms with E-state index in [1.165, 1.54) is 38.5 Å². The molecule has 0 aromatic heterocycles. The standard InChI is InChI=1S/C47H72O7/c1-4-7-10-13-16-17-18-19-20-21-22-23-24-25-28-31-45(49)53-40-43-36-42(39-48)37-44(38-43)41-54-46(50)32-33-47(51-34-29-26-14-11-8-5-2)52-35-30-27-15-12-9-6-3/h16-17,19-20,36-38,47-48H,4-13,18,21-25,28-35,39-41H2,1-3H3/b17-16-,20-19-. The molecule has 1 N–H and O–H groups in total. The average molecular weight is 749 g/mol. The lowest BCUT2D eigenvalue weighted by Crippen LogP contribution is -2.20. The lowest BCUT2D eigenvalue weighted by atomic mass is 10.1. The van der Waals surface area contributed by atoms with E-state index in [0.29, 0.717) is 44.5 Å². The van der Waals surface area contributed by atoms with Crippen molar-refractivity contribution in [1.82, 2.24) is 0 Å². The van der Waals surface area contributed by atoms with E-state index in [9.17, 15) is 14.7 Å². The van der Waals surface area contributed by atoms with Crippen LogP contribution in [0.1, 0.15) is 179 Å². The Morgan fingerprint density at radius 2 is 1.07 bits per heavy atom. The number of carbonyl (C=O) groups is 2. The van der Waals surface area contributed by atoms with Crippen molar-refractivity contribution in [2.24, 2.45) is 0 Å². The second kappa shape index (κ2) is 36.6. The van der Waals surface area contributed by atoms with Gasteiger partial charge >= 0.3 is 11.9 Å². The van der Waals surface area contributed by atoms with Crippen molar-refractivity contribution in [2.75, 3.05) is 13.2 Å². The van der Waals surface area contributed by atoms with Crippen molar-refractivity contribution >= 4 is 11.9 Å². The second-order valence-corrected chi connectivity index (χ2v) is 13.7. The van der Waals surface area contributed by atoms with E-state index in [-0.39, 0.29) is 38.2 Å². The number of esters is 2. The van der Waals surface area contributed by atoms with Crippen molar-refractivity contribution in [3.8, 4) is 23.7 Å². The summed E-state index contributed by atoms with van der Waals surface area (Å²) < 4.78 is 22.9. The molecule has 0 fully saturated rings. The number of allylic oxidation sites excluding steroid dienone is 4. The SMILES string of the molecule is CCCCC#CCCOC(CCC(=O)OCc1cc(CO)cc(COC(=O)CCCCCCC/C=C\C/C=C\CCCCC)c1)OCCC#CCCCC. The van der Waals surface area contributed by atoms with Crippen molar-refractivity contribution in [1.29, 1.82) is 0 Å². The summed E-state index contributed by atoms with van der Waals surface area (Å²) in [5.74, 6) is 12.0. The fourth-order valence-electron chi connectivity index (χ4n) is 5.47. The number of carbonyl (C=O) groups excluding carboxylic acids is 2. The third-order valence-electron chi connectivity index (χ3n) is 8.63. The monoisotopic (exact) mass is 749 g/mol. The topological polar surface area (TPSA) is 91.3 Å². The molecule has 54 heavy (non-hydrogen) atoms. The van der Waals surface area contributed by atoms with Gasteiger partial charge in [0.25, 0.3) is 0 Å². The number of hydrogen-bond acceptors (Lipinski definition) is 7. The molecule has 1 rings (SSSR count). The molecule has 302 valence electrons. The Labute approximate surface area is 329 Å². The van der Waals surface area contributed by atoms with E-state index < -0.39 is 6.29 Å². The zero-order valence-electron chi connectivity index (χ0n) is 34.1. The van der Waals surface area contributed by atoms with Gasteiger partial charge in [-0.1, -0.05) is 102 Å². The van der Waals surface area contributed by atoms with Crippen LogP contribution in [0.25, 0.3) is 0 Å². The molecule has 7 nitrogen and oxygen atoms in total.